The summed E-state index contributed by atoms with van der Waals surface area (Å²) < 4.78 is 9.86. The van der Waals surface area contributed by atoms with Gasteiger partial charge < -0.3 is 19.8 Å². The zero-order valence-electron chi connectivity index (χ0n) is 14.5. The molecule has 0 aromatic carbocycles. The van der Waals surface area contributed by atoms with Crippen LogP contribution in [0.1, 0.15) is 44.2 Å². The number of furan rings is 1. The molecule has 9 heteroatoms. The van der Waals surface area contributed by atoms with Crippen molar-refractivity contribution in [2.45, 2.75) is 45.8 Å². The Morgan fingerprint density at radius 3 is 2.52 bits per heavy atom. The van der Waals surface area contributed by atoms with Crippen molar-refractivity contribution >= 4 is 23.8 Å². The van der Waals surface area contributed by atoms with Gasteiger partial charge in [0.25, 0.3) is 11.8 Å². The second kappa shape index (κ2) is 10.1. The van der Waals surface area contributed by atoms with Crippen molar-refractivity contribution in [3.05, 3.63) is 24.2 Å². The van der Waals surface area contributed by atoms with E-state index >= 15 is 0 Å². The van der Waals surface area contributed by atoms with Gasteiger partial charge in [-0.2, -0.15) is 0 Å². The topological polar surface area (TPSA) is 127 Å². The van der Waals surface area contributed by atoms with Gasteiger partial charge in [0.05, 0.1) is 6.26 Å². The number of amides is 4. The average Bonchev–Trinajstić information content (AvgIpc) is 3.04. The van der Waals surface area contributed by atoms with E-state index in [4.69, 9.17) is 9.15 Å². The van der Waals surface area contributed by atoms with Crippen LogP contribution in [0.4, 0.5) is 4.79 Å². The summed E-state index contributed by atoms with van der Waals surface area (Å²) in [6.45, 7) is 5.12. The standard InChI is InChI=1S/C16H23N3O6/c1-10(2)18-16(23)19-14(21)11(3)25-13(20)7-4-8-17-15(22)12-6-5-9-24-12/h5-6,9-11H,4,7-8H2,1-3H3,(H,17,22)(H2,18,19,21,23). The van der Waals surface area contributed by atoms with Crippen LogP contribution in [-0.4, -0.2) is 42.5 Å². The van der Waals surface area contributed by atoms with Gasteiger partial charge in [0.15, 0.2) is 11.9 Å². The number of hydrogen-bond acceptors (Lipinski definition) is 6. The molecule has 0 saturated carbocycles. The molecule has 4 amide bonds. The second-order valence-electron chi connectivity index (χ2n) is 5.59. The summed E-state index contributed by atoms with van der Waals surface area (Å²) in [6, 6.07) is 2.35. The Bertz CT molecular complexity index is 597. The first-order valence-electron chi connectivity index (χ1n) is 7.92. The van der Waals surface area contributed by atoms with E-state index in [0.717, 1.165) is 0 Å². The summed E-state index contributed by atoms with van der Waals surface area (Å²) in [5, 5.41) is 7.16. The van der Waals surface area contributed by atoms with Gasteiger partial charge >= 0.3 is 12.0 Å². The molecule has 0 radical (unpaired) electrons. The van der Waals surface area contributed by atoms with Crippen molar-refractivity contribution in [2.75, 3.05) is 6.54 Å². The SMILES string of the molecule is CC(C)NC(=O)NC(=O)C(C)OC(=O)CCCNC(=O)c1ccco1. The fourth-order valence-corrected chi connectivity index (χ4v) is 1.75. The van der Waals surface area contributed by atoms with Crippen LogP contribution in [0, 0.1) is 0 Å². The molecule has 0 spiro atoms. The maximum absolute atomic E-state index is 11.7. The predicted octanol–water partition coefficient (Wildman–Crippen LogP) is 0.956. The molecule has 1 heterocycles. The molecule has 25 heavy (non-hydrogen) atoms. The third-order valence-corrected chi connectivity index (χ3v) is 2.92. The second-order valence-corrected chi connectivity index (χ2v) is 5.59. The summed E-state index contributed by atoms with van der Waals surface area (Å²) in [5.41, 5.74) is 0. The van der Waals surface area contributed by atoms with Gasteiger partial charge in [-0.3, -0.25) is 19.7 Å². The molecule has 1 rings (SSSR count). The number of rotatable bonds is 8. The third kappa shape index (κ3) is 8.00. The number of nitrogens with one attached hydrogen (secondary N) is 3. The van der Waals surface area contributed by atoms with Gasteiger partial charge in [-0.05, 0) is 39.3 Å². The quantitative estimate of drug-likeness (QED) is 0.472. The molecular weight excluding hydrogens is 330 g/mol. The van der Waals surface area contributed by atoms with E-state index in [9.17, 15) is 19.2 Å². The normalized spacial score (nSPS) is 11.5. The molecule has 0 saturated heterocycles. The van der Waals surface area contributed by atoms with Crippen molar-refractivity contribution < 1.29 is 28.3 Å². The number of carbonyl (C=O) groups is 4. The molecule has 1 aromatic heterocycles. The Morgan fingerprint density at radius 1 is 1.20 bits per heavy atom. The highest BCUT2D eigenvalue weighted by Crippen LogP contribution is 2.01. The van der Waals surface area contributed by atoms with Crippen molar-refractivity contribution in [3.8, 4) is 0 Å². The largest absolute Gasteiger partial charge is 0.459 e. The van der Waals surface area contributed by atoms with Crippen LogP contribution in [0.5, 0.6) is 0 Å². The Hall–Kier alpha value is -2.84. The summed E-state index contributed by atoms with van der Waals surface area (Å²) in [5.74, 6) is -1.49. The summed E-state index contributed by atoms with van der Waals surface area (Å²) in [7, 11) is 0. The van der Waals surface area contributed by atoms with Gasteiger partial charge in [-0.1, -0.05) is 0 Å². The van der Waals surface area contributed by atoms with Crippen LogP contribution < -0.4 is 16.0 Å². The minimum absolute atomic E-state index is 0.0221. The van der Waals surface area contributed by atoms with Gasteiger partial charge in [0.2, 0.25) is 0 Å². The van der Waals surface area contributed by atoms with Crippen LogP contribution in [-0.2, 0) is 14.3 Å². The van der Waals surface area contributed by atoms with Gasteiger partial charge in [-0.25, -0.2) is 4.79 Å². The van der Waals surface area contributed by atoms with Crippen LogP contribution in [0.15, 0.2) is 22.8 Å². The molecule has 0 aliphatic rings. The van der Waals surface area contributed by atoms with E-state index in [0.29, 0.717) is 6.42 Å². The molecule has 1 aromatic rings. The fraction of sp³-hybridized carbons (Fsp3) is 0.500. The van der Waals surface area contributed by atoms with E-state index < -0.39 is 24.0 Å². The first kappa shape index (κ1) is 20.2. The van der Waals surface area contributed by atoms with Crippen LogP contribution in [0.25, 0.3) is 0 Å². The monoisotopic (exact) mass is 353 g/mol. The Balaban J connectivity index is 2.21. The van der Waals surface area contributed by atoms with Gasteiger partial charge in [0, 0.05) is 19.0 Å². The third-order valence-electron chi connectivity index (χ3n) is 2.92. The lowest BCUT2D eigenvalue weighted by Crippen LogP contribution is -2.46. The Labute approximate surface area is 145 Å². The molecule has 1 atom stereocenters. The highest BCUT2D eigenvalue weighted by atomic mass is 16.5. The van der Waals surface area contributed by atoms with E-state index in [1.807, 2.05) is 0 Å². The molecule has 0 aliphatic heterocycles. The number of ether oxygens (including phenoxy) is 1. The van der Waals surface area contributed by atoms with E-state index in [-0.39, 0.29) is 30.7 Å². The fourth-order valence-electron chi connectivity index (χ4n) is 1.75. The predicted molar refractivity (Wildman–Crippen MR) is 87.6 cm³/mol. The maximum Gasteiger partial charge on any atom is 0.321 e. The zero-order valence-corrected chi connectivity index (χ0v) is 14.5. The van der Waals surface area contributed by atoms with E-state index in [1.165, 1.54) is 19.3 Å². The van der Waals surface area contributed by atoms with Crippen molar-refractivity contribution in [1.82, 2.24) is 16.0 Å². The molecule has 9 nitrogen and oxygen atoms in total. The molecule has 0 fully saturated rings. The lowest BCUT2D eigenvalue weighted by atomic mass is 10.3. The van der Waals surface area contributed by atoms with Gasteiger partial charge in [-0.15, -0.1) is 0 Å². The van der Waals surface area contributed by atoms with Crippen LogP contribution in [0.2, 0.25) is 0 Å². The summed E-state index contributed by atoms with van der Waals surface area (Å²) in [6.07, 6.45) is 0.657. The Morgan fingerprint density at radius 2 is 1.92 bits per heavy atom. The minimum Gasteiger partial charge on any atom is -0.459 e. The molecule has 1 unspecified atom stereocenters. The molecule has 3 N–H and O–H groups in total. The van der Waals surface area contributed by atoms with Crippen LogP contribution in [0.3, 0.4) is 0 Å². The maximum atomic E-state index is 11.7. The van der Waals surface area contributed by atoms with Crippen molar-refractivity contribution in [1.29, 1.82) is 0 Å². The van der Waals surface area contributed by atoms with E-state index in [1.54, 1.807) is 19.9 Å². The first-order valence-corrected chi connectivity index (χ1v) is 7.92. The number of imide groups is 1. The van der Waals surface area contributed by atoms with Crippen molar-refractivity contribution in [2.24, 2.45) is 0 Å². The molecular formula is C16H23N3O6. The van der Waals surface area contributed by atoms with Gasteiger partial charge in [0.1, 0.15) is 0 Å². The summed E-state index contributed by atoms with van der Waals surface area (Å²) in [4.78, 5) is 46.3. The number of esters is 1. The highest BCUT2D eigenvalue weighted by molar-refractivity contribution is 5.97. The number of hydrogen-bond donors (Lipinski definition) is 3. The lowest BCUT2D eigenvalue weighted by molar-refractivity contribution is -0.154. The van der Waals surface area contributed by atoms with Crippen molar-refractivity contribution in [3.63, 3.8) is 0 Å². The molecule has 0 aliphatic carbocycles. The highest BCUT2D eigenvalue weighted by Gasteiger charge is 2.20. The Kier molecular flexibility index (Phi) is 8.17. The average molecular weight is 353 g/mol. The van der Waals surface area contributed by atoms with Crippen LogP contribution >= 0.6 is 0 Å². The molecule has 138 valence electrons. The summed E-state index contributed by atoms with van der Waals surface area (Å²) >= 11 is 0. The lowest BCUT2D eigenvalue weighted by Gasteiger charge is -2.14. The number of urea groups is 1. The molecule has 0 bridgehead atoms. The van der Waals surface area contributed by atoms with E-state index in [2.05, 4.69) is 16.0 Å². The first-order chi connectivity index (χ1) is 11.8. The number of carbonyl (C=O) groups excluding carboxylic acids is 4. The minimum atomic E-state index is -1.09. The zero-order chi connectivity index (χ0) is 18.8. The smallest absolute Gasteiger partial charge is 0.321 e.